The third-order valence-corrected chi connectivity index (χ3v) is 6.68. The molecule has 0 radical (unpaired) electrons. The number of carbonyl (C=O) groups excluding carboxylic acids is 2. The van der Waals surface area contributed by atoms with Gasteiger partial charge in [0.15, 0.2) is 0 Å². The summed E-state index contributed by atoms with van der Waals surface area (Å²) in [5.41, 5.74) is 3.02. The predicted molar refractivity (Wildman–Crippen MR) is 142 cm³/mol. The molecule has 3 N–H and O–H groups in total. The van der Waals surface area contributed by atoms with Gasteiger partial charge in [0.05, 0.1) is 54.5 Å². The second kappa shape index (κ2) is 10.9. The van der Waals surface area contributed by atoms with Gasteiger partial charge in [-0.3, -0.25) is 9.59 Å². The van der Waals surface area contributed by atoms with Crippen LogP contribution in [-0.4, -0.2) is 83.3 Å². The van der Waals surface area contributed by atoms with Gasteiger partial charge in [-0.25, -0.2) is 15.0 Å². The van der Waals surface area contributed by atoms with Crippen LogP contribution in [-0.2, 0) is 16.1 Å². The van der Waals surface area contributed by atoms with Crippen molar-refractivity contribution in [3.05, 3.63) is 64.4 Å². The van der Waals surface area contributed by atoms with Crippen molar-refractivity contribution < 1.29 is 19.4 Å². The van der Waals surface area contributed by atoms with Crippen LogP contribution in [0, 0.1) is 0 Å². The number of carbonyl (C=O) groups is 2. The first kappa shape index (κ1) is 25.8. The molecule has 1 saturated heterocycles. The first-order valence-electron chi connectivity index (χ1n) is 12.2. The first-order chi connectivity index (χ1) is 18.3. The molecule has 38 heavy (non-hydrogen) atoms. The summed E-state index contributed by atoms with van der Waals surface area (Å²) in [5.74, 6) is 0.490. The Morgan fingerprint density at radius 3 is 2.79 bits per heavy atom. The average molecular weight is 538 g/mol. The molecule has 3 aromatic rings. The molecule has 0 bridgehead atoms. The maximum absolute atomic E-state index is 13.2. The van der Waals surface area contributed by atoms with Crippen molar-refractivity contribution in [2.24, 2.45) is 0 Å². The molecule has 198 valence electrons. The number of benzene rings is 1. The Hall–Kier alpha value is -3.80. The molecule has 11 nitrogen and oxygen atoms in total. The third-order valence-electron chi connectivity index (χ3n) is 6.40. The molecule has 1 aromatic carbocycles. The van der Waals surface area contributed by atoms with Gasteiger partial charge in [-0.05, 0) is 23.8 Å². The molecule has 1 fully saturated rings. The molecular weight excluding hydrogens is 510 g/mol. The summed E-state index contributed by atoms with van der Waals surface area (Å²) in [6.07, 6.45) is 1.53. The molecule has 2 amide bonds. The molecule has 2 aliphatic rings. The number of aliphatic hydroxyl groups is 1. The molecule has 0 saturated carbocycles. The van der Waals surface area contributed by atoms with Crippen molar-refractivity contribution in [2.45, 2.75) is 18.6 Å². The van der Waals surface area contributed by atoms with Gasteiger partial charge in [-0.1, -0.05) is 29.8 Å². The second-order valence-electron chi connectivity index (χ2n) is 9.42. The first-order valence-corrected chi connectivity index (χ1v) is 12.5. The van der Waals surface area contributed by atoms with E-state index in [4.69, 9.17) is 16.3 Å². The van der Waals surface area contributed by atoms with Crippen LogP contribution in [0.25, 0.3) is 11.3 Å². The quantitative estimate of drug-likeness (QED) is 0.374. The minimum Gasteiger partial charge on any atom is -0.394 e. The van der Waals surface area contributed by atoms with Crippen LogP contribution >= 0.6 is 11.6 Å². The van der Waals surface area contributed by atoms with Gasteiger partial charge < -0.3 is 30.3 Å². The van der Waals surface area contributed by atoms with E-state index in [1.54, 1.807) is 12.1 Å². The van der Waals surface area contributed by atoms with Gasteiger partial charge in [0.25, 0.3) is 5.91 Å². The maximum atomic E-state index is 13.2. The fraction of sp³-hybridized carbons (Fsp3) is 0.346. The van der Waals surface area contributed by atoms with Crippen molar-refractivity contribution >= 4 is 35.2 Å². The average Bonchev–Trinajstić information content (AvgIpc) is 3.19. The van der Waals surface area contributed by atoms with Crippen LogP contribution in [0.3, 0.4) is 0 Å². The Kier molecular flexibility index (Phi) is 7.41. The van der Waals surface area contributed by atoms with Crippen LogP contribution in [0.1, 0.15) is 27.7 Å². The number of hydrogen-bond donors (Lipinski definition) is 3. The van der Waals surface area contributed by atoms with Gasteiger partial charge >= 0.3 is 0 Å². The van der Waals surface area contributed by atoms with Crippen LogP contribution in [0.2, 0.25) is 5.02 Å². The predicted octanol–water partition coefficient (Wildman–Crippen LogP) is 1.87. The number of aromatic nitrogens is 3. The lowest BCUT2D eigenvalue weighted by atomic mass is 10.0. The lowest BCUT2D eigenvalue weighted by Gasteiger charge is -2.26. The molecule has 0 unspecified atom stereocenters. The van der Waals surface area contributed by atoms with Crippen molar-refractivity contribution in [3.8, 4) is 11.3 Å². The number of amides is 2. The SMILES string of the molecule is CN(C)c1cccc([C@@H](CO)NC(=O)CN2Cc3ccc(-c4nc(NC5COC5)ncc4Cl)cc3C2=O)n1. The van der Waals surface area contributed by atoms with Crippen molar-refractivity contribution in [1.82, 2.24) is 25.2 Å². The zero-order valence-electron chi connectivity index (χ0n) is 21.0. The molecule has 12 heteroatoms. The highest BCUT2D eigenvalue weighted by atomic mass is 35.5. The zero-order valence-corrected chi connectivity index (χ0v) is 21.8. The number of pyridine rings is 1. The Bertz CT molecular complexity index is 1370. The summed E-state index contributed by atoms with van der Waals surface area (Å²) in [7, 11) is 3.72. The number of ether oxygens (including phenoxy) is 1. The van der Waals surface area contributed by atoms with Crippen molar-refractivity contribution in [2.75, 3.05) is 50.7 Å². The minimum absolute atomic E-state index is 0.154. The number of rotatable bonds is 9. The van der Waals surface area contributed by atoms with E-state index >= 15 is 0 Å². The van der Waals surface area contributed by atoms with Gasteiger partial charge in [0.2, 0.25) is 11.9 Å². The summed E-state index contributed by atoms with van der Waals surface area (Å²) in [6.45, 7) is 1.01. The van der Waals surface area contributed by atoms with Crippen LogP contribution in [0.4, 0.5) is 11.8 Å². The summed E-state index contributed by atoms with van der Waals surface area (Å²) in [6, 6.07) is 10.3. The minimum atomic E-state index is -0.691. The second-order valence-corrected chi connectivity index (χ2v) is 9.83. The van der Waals surface area contributed by atoms with Crippen molar-refractivity contribution in [3.63, 3.8) is 0 Å². The number of halogens is 1. The number of nitrogens with one attached hydrogen (secondary N) is 2. The summed E-state index contributed by atoms with van der Waals surface area (Å²) in [4.78, 5) is 42.6. The largest absolute Gasteiger partial charge is 0.394 e. The fourth-order valence-corrected chi connectivity index (χ4v) is 4.49. The summed E-state index contributed by atoms with van der Waals surface area (Å²) >= 11 is 6.39. The Morgan fingerprint density at radius 1 is 1.26 bits per heavy atom. The van der Waals surface area contributed by atoms with E-state index in [9.17, 15) is 14.7 Å². The van der Waals surface area contributed by atoms with E-state index in [1.165, 1.54) is 11.1 Å². The molecule has 4 heterocycles. The molecular formula is C26H28ClN7O4. The van der Waals surface area contributed by atoms with E-state index in [1.807, 2.05) is 43.3 Å². The van der Waals surface area contributed by atoms with Gasteiger partial charge in [0, 0.05) is 31.8 Å². The standard InChI is InChI=1S/C26H28ClN7O4/c1-33(2)22-5-3-4-20(30-22)21(12-35)31-23(36)11-34-10-16-7-6-15(8-18(16)25(34)37)24-19(27)9-28-26(32-24)29-17-13-38-14-17/h3-9,17,21,35H,10-14H2,1-2H3,(H,31,36)(H,28,29,32)/t21-/m1/s1. The van der Waals surface area contributed by atoms with E-state index in [0.29, 0.717) is 59.1 Å². The monoisotopic (exact) mass is 537 g/mol. The molecule has 0 aliphatic carbocycles. The summed E-state index contributed by atoms with van der Waals surface area (Å²) < 4.78 is 5.18. The van der Waals surface area contributed by atoms with E-state index in [0.717, 1.165) is 5.56 Å². The zero-order chi connectivity index (χ0) is 26.8. The smallest absolute Gasteiger partial charge is 0.254 e. The molecule has 2 aliphatic heterocycles. The topological polar surface area (TPSA) is 133 Å². The molecule has 2 aromatic heterocycles. The molecule has 0 spiro atoms. The lowest BCUT2D eigenvalue weighted by Crippen LogP contribution is -2.40. The summed E-state index contributed by atoms with van der Waals surface area (Å²) in [5, 5.41) is 16.2. The Balaban J connectivity index is 1.27. The van der Waals surface area contributed by atoms with E-state index in [-0.39, 0.29) is 25.1 Å². The maximum Gasteiger partial charge on any atom is 0.254 e. The van der Waals surface area contributed by atoms with Gasteiger partial charge in [-0.2, -0.15) is 0 Å². The van der Waals surface area contributed by atoms with Crippen molar-refractivity contribution in [1.29, 1.82) is 0 Å². The third kappa shape index (κ3) is 5.40. The van der Waals surface area contributed by atoms with Crippen LogP contribution in [0.15, 0.2) is 42.6 Å². The van der Waals surface area contributed by atoms with E-state index < -0.39 is 11.9 Å². The normalized spacial score (nSPS) is 15.6. The Morgan fingerprint density at radius 2 is 2.08 bits per heavy atom. The Labute approximate surface area is 224 Å². The highest BCUT2D eigenvalue weighted by Gasteiger charge is 2.30. The van der Waals surface area contributed by atoms with E-state index in [2.05, 4.69) is 25.6 Å². The molecule has 1 atom stereocenters. The highest BCUT2D eigenvalue weighted by molar-refractivity contribution is 6.33. The highest BCUT2D eigenvalue weighted by Crippen LogP contribution is 2.31. The number of aliphatic hydroxyl groups excluding tert-OH is 1. The number of fused-ring (bicyclic) bond motifs is 1. The number of hydrogen-bond acceptors (Lipinski definition) is 9. The fourth-order valence-electron chi connectivity index (χ4n) is 4.29. The van der Waals surface area contributed by atoms with Gasteiger partial charge in [-0.15, -0.1) is 0 Å². The van der Waals surface area contributed by atoms with Gasteiger partial charge in [0.1, 0.15) is 12.4 Å². The number of anilines is 2. The molecule has 5 rings (SSSR count). The lowest BCUT2D eigenvalue weighted by molar-refractivity contribution is -0.122. The van der Waals surface area contributed by atoms with Crippen LogP contribution < -0.4 is 15.5 Å². The number of nitrogens with zero attached hydrogens (tertiary/aromatic N) is 5. The van der Waals surface area contributed by atoms with Crippen LogP contribution in [0.5, 0.6) is 0 Å².